The fourth-order valence-electron chi connectivity index (χ4n) is 6.54. The van der Waals surface area contributed by atoms with Gasteiger partial charge in [-0.3, -0.25) is 53.5 Å². The molecular weight excluding hydrogens is 973 g/mol. The van der Waals surface area contributed by atoms with E-state index < -0.39 is 100 Å². The zero-order valence-corrected chi connectivity index (χ0v) is 41.6. The van der Waals surface area contributed by atoms with Crippen LogP contribution in [0.25, 0.3) is 10.8 Å². The number of esters is 1. The lowest BCUT2D eigenvalue weighted by Crippen LogP contribution is -2.43. The summed E-state index contributed by atoms with van der Waals surface area (Å²) in [5.41, 5.74) is 0.197. The van der Waals surface area contributed by atoms with Crippen LogP contribution in [0.1, 0.15) is 37.5 Å². The van der Waals surface area contributed by atoms with Crippen molar-refractivity contribution >= 4 is 56.1 Å². The second kappa shape index (κ2) is 26.7. The van der Waals surface area contributed by atoms with Gasteiger partial charge >= 0.3 is 5.97 Å². The number of carbonyl (C=O) groups is 5. The zero-order chi connectivity index (χ0) is 53.1. The number of benzene rings is 5. The summed E-state index contributed by atoms with van der Waals surface area (Å²) >= 11 is 0. The Morgan fingerprint density at radius 2 is 1.15 bits per heavy atom. The topological polar surface area (TPSA) is 243 Å². The lowest BCUT2D eigenvalue weighted by molar-refractivity contribution is -0.387. The van der Waals surface area contributed by atoms with Crippen LogP contribution in [0.4, 0.5) is 5.69 Å². The molecule has 0 saturated carbocycles. The van der Waals surface area contributed by atoms with Crippen molar-refractivity contribution in [3.63, 3.8) is 0 Å². The van der Waals surface area contributed by atoms with E-state index in [-0.39, 0.29) is 19.6 Å². The van der Waals surface area contributed by atoms with Crippen LogP contribution in [-0.2, 0) is 82.6 Å². The fourth-order valence-corrected chi connectivity index (χ4v) is 7.91. The number of methoxy groups -OCH3 is 1. The number of fused-ring (bicyclic) bond motifs is 1. The largest absolute Gasteiger partial charge is 0.497 e. The molecule has 0 aliphatic heterocycles. The molecule has 0 aliphatic carbocycles. The minimum absolute atomic E-state index is 0.0986. The Morgan fingerprint density at radius 3 is 1.77 bits per heavy atom. The molecule has 0 spiro atoms. The molecule has 388 valence electrons. The molecule has 0 aliphatic rings. The number of rotatable bonds is 27. The summed E-state index contributed by atoms with van der Waals surface area (Å²) < 4.78 is 38.1. The first kappa shape index (κ1) is 56.3. The first-order valence-corrected chi connectivity index (χ1v) is 23.8. The normalized spacial score (nSPS) is 11.4. The van der Waals surface area contributed by atoms with E-state index in [1.807, 2.05) is 36.4 Å². The first-order chi connectivity index (χ1) is 34.8. The highest BCUT2D eigenvalue weighted by Crippen LogP contribution is 2.27. The number of nitro benzene ring substituents is 1. The quantitative estimate of drug-likeness (QED) is 0.0274. The van der Waals surface area contributed by atoms with Crippen molar-refractivity contribution in [2.24, 2.45) is 0 Å². The summed E-state index contributed by atoms with van der Waals surface area (Å²) in [6, 6.07) is 32.6. The lowest BCUT2D eigenvalue weighted by atomic mass is 10.0. The second-order valence-electron chi connectivity index (χ2n) is 16.6. The van der Waals surface area contributed by atoms with Crippen LogP contribution >= 0.6 is 0 Å². The van der Waals surface area contributed by atoms with E-state index in [9.17, 15) is 42.5 Å². The molecule has 23 heteroatoms. The minimum atomic E-state index is -4.74. The number of carbonyl (C=O) groups excluding carboxylic acids is 5. The maximum atomic E-state index is 13.9. The third kappa shape index (κ3) is 17.0. The van der Waals surface area contributed by atoms with Gasteiger partial charge in [0.1, 0.15) is 11.4 Å². The van der Waals surface area contributed by atoms with E-state index in [0.29, 0.717) is 26.9 Å². The third-order valence-electron chi connectivity index (χ3n) is 10.1. The van der Waals surface area contributed by atoms with Gasteiger partial charge in [0.25, 0.3) is 39.3 Å². The first-order valence-electron chi connectivity index (χ1n) is 22.3. The third-order valence-corrected chi connectivity index (χ3v) is 11.8. The van der Waals surface area contributed by atoms with Gasteiger partial charge in [0, 0.05) is 13.1 Å². The molecule has 0 N–H and O–H groups in total. The molecule has 0 heterocycles. The number of para-hydroxylation sites is 1. The van der Waals surface area contributed by atoms with E-state index in [1.165, 1.54) is 26.3 Å². The Morgan fingerprint density at radius 1 is 0.630 bits per heavy atom. The monoisotopic (exact) mass is 1030 g/mol. The number of hydrogen-bond donors (Lipinski definition) is 0. The number of hydroxylamine groups is 9. The average molecular weight is 1030 g/mol. The molecule has 5 aromatic carbocycles. The van der Waals surface area contributed by atoms with Gasteiger partial charge in [-0.2, -0.15) is 0 Å². The standard InChI is InChI=1S/C50H56N6O16S/c1-7-28-55(73(64,65)44-23-14-13-22-43(44)56(62)63)71-35-48(60)53(30-38-24-26-41(66-6)27-25-38)69-34-47(59)52(29-37-16-9-8-10-17-37)68-32-45(57)51(5)67-33-46(58)54(70-36-49(61)72-50(2,3)4)31-40-20-15-19-39-18-11-12-21-42(39)40/h7-27H,1,28-36H2,2-6H3. The molecule has 5 aromatic rings. The summed E-state index contributed by atoms with van der Waals surface area (Å²) in [4.78, 5) is 105. The molecule has 22 nitrogen and oxygen atoms in total. The smallest absolute Gasteiger partial charge is 0.335 e. The number of ether oxygens (including phenoxy) is 2. The van der Waals surface area contributed by atoms with Crippen molar-refractivity contribution in [3.8, 4) is 5.75 Å². The predicted molar refractivity (Wildman–Crippen MR) is 261 cm³/mol. The lowest BCUT2D eigenvalue weighted by Gasteiger charge is -2.27. The summed E-state index contributed by atoms with van der Waals surface area (Å²) in [7, 11) is -2.06. The van der Waals surface area contributed by atoms with Crippen molar-refractivity contribution in [1.82, 2.24) is 24.7 Å². The van der Waals surface area contributed by atoms with Gasteiger partial charge in [0.15, 0.2) is 37.9 Å². The van der Waals surface area contributed by atoms with Crippen LogP contribution < -0.4 is 4.74 Å². The van der Waals surface area contributed by atoms with Gasteiger partial charge in [-0.1, -0.05) is 108 Å². The molecule has 73 heavy (non-hydrogen) atoms. The van der Waals surface area contributed by atoms with Crippen LogP contribution in [0, 0.1) is 10.1 Å². The molecule has 0 saturated heterocycles. The van der Waals surface area contributed by atoms with Gasteiger partial charge < -0.3 is 9.47 Å². The number of nitro groups is 1. The van der Waals surface area contributed by atoms with E-state index in [1.54, 1.807) is 81.4 Å². The summed E-state index contributed by atoms with van der Waals surface area (Å²) in [6.45, 7) is 3.45. The van der Waals surface area contributed by atoms with E-state index in [0.717, 1.165) is 49.2 Å². The van der Waals surface area contributed by atoms with Crippen molar-refractivity contribution in [2.75, 3.05) is 53.7 Å². The van der Waals surface area contributed by atoms with Crippen LogP contribution in [0.15, 0.2) is 139 Å². The number of likely N-dealkylation sites (N-methyl/N-ethyl adjacent to an activating group) is 1. The van der Waals surface area contributed by atoms with Gasteiger partial charge in [-0.25, -0.2) is 33.5 Å². The fraction of sp³-hybridized carbons (Fsp3) is 0.300. The van der Waals surface area contributed by atoms with Crippen LogP contribution in [-0.4, -0.2) is 127 Å². The maximum absolute atomic E-state index is 13.9. The minimum Gasteiger partial charge on any atom is -0.497 e. The molecule has 0 fully saturated rings. The van der Waals surface area contributed by atoms with E-state index in [2.05, 4.69) is 6.58 Å². The number of amides is 4. The van der Waals surface area contributed by atoms with Crippen LogP contribution in [0.3, 0.4) is 0 Å². The molecule has 0 aromatic heterocycles. The summed E-state index contributed by atoms with van der Waals surface area (Å²) in [6.07, 6.45) is 1.14. The number of hydrogen-bond acceptors (Lipinski definition) is 16. The summed E-state index contributed by atoms with van der Waals surface area (Å²) in [5, 5.41) is 16.7. The van der Waals surface area contributed by atoms with Gasteiger partial charge in [0.05, 0.1) is 38.2 Å². The highest BCUT2D eigenvalue weighted by atomic mass is 32.2. The Balaban J connectivity index is 1.27. The van der Waals surface area contributed by atoms with Crippen molar-refractivity contribution < 1.29 is 71.0 Å². The molecule has 4 amide bonds. The Kier molecular flexibility index (Phi) is 20.6. The molecular formula is C50H56N6O16S. The molecule has 0 bridgehead atoms. The second-order valence-corrected chi connectivity index (χ2v) is 18.4. The molecule has 0 atom stereocenters. The number of nitrogens with zero attached hydrogens (tertiary/aromatic N) is 6. The molecule has 5 rings (SSSR count). The average Bonchev–Trinajstić information content (AvgIpc) is 3.37. The highest BCUT2D eigenvalue weighted by molar-refractivity contribution is 7.89. The molecule has 0 unspecified atom stereocenters. The predicted octanol–water partition coefficient (Wildman–Crippen LogP) is 5.48. The van der Waals surface area contributed by atoms with Crippen molar-refractivity contribution in [3.05, 3.63) is 161 Å². The van der Waals surface area contributed by atoms with Crippen LogP contribution in [0.2, 0.25) is 0 Å². The maximum Gasteiger partial charge on any atom is 0.335 e. The van der Waals surface area contributed by atoms with Gasteiger partial charge in [-0.05, 0) is 66.4 Å². The van der Waals surface area contributed by atoms with Gasteiger partial charge in [-0.15, -0.1) is 6.58 Å². The van der Waals surface area contributed by atoms with E-state index in [4.69, 9.17) is 33.7 Å². The van der Waals surface area contributed by atoms with Crippen LogP contribution in [0.5, 0.6) is 5.75 Å². The zero-order valence-electron chi connectivity index (χ0n) is 40.8. The Hall–Kier alpha value is -7.64. The summed E-state index contributed by atoms with van der Waals surface area (Å²) in [5.74, 6) is -3.70. The Bertz CT molecular complexity index is 2820. The number of sulfonamides is 1. The Labute approximate surface area is 421 Å². The van der Waals surface area contributed by atoms with Crippen molar-refractivity contribution in [2.45, 2.75) is 50.9 Å². The van der Waals surface area contributed by atoms with Crippen molar-refractivity contribution in [1.29, 1.82) is 0 Å². The van der Waals surface area contributed by atoms with E-state index >= 15 is 0 Å². The molecule has 0 radical (unpaired) electrons. The highest BCUT2D eigenvalue weighted by Gasteiger charge is 2.33. The SMILES string of the molecule is C=CCN(OCC(=O)N(Cc1ccc(OC)cc1)OCC(=O)N(Cc1ccccc1)OCC(=O)N(C)OCC(=O)N(Cc1cccc2ccccc12)OCC(=O)OC(C)(C)C)S(=O)(=O)c1ccccc1[N+](=O)[O-]. The van der Waals surface area contributed by atoms with Gasteiger partial charge in [0.2, 0.25) is 0 Å².